The van der Waals surface area contributed by atoms with Crippen LogP contribution in [0.4, 0.5) is 34.1 Å². The molecule has 5 nitrogen and oxygen atoms in total. The van der Waals surface area contributed by atoms with Gasteiger partial charge in [0.05, 0.1) is 51.1 Å². The first kappa shape index (κ1) is 43.3. The quantitative estimate of drug-likeness (QED) is 0.142. The zero-order valence-corrected chi connectivity index (χ0v) is 52.0. The molecule has 4 heterocycles. The van der Waals surface area contributed by atoms with Crippen molar-refractivity contribution >= 4 is 101 Å². The smallest absolute Gasteiger partial charge is 0.252 e. The van der Waals surface area contributed by atoms with Gasteiger partial charge in [-0.2, -0.15) is 5.26 Å². The Hall–Kier alpha value is -11.4. The van der Waals surface area contributed by atoms with E-state index in [4.69, 9.17) is 9.60 Å². The summed E-state index contributed by atoms with van der Waals surface area (Å²) in [6.07, 6.45) is 0. The molecule has 6 heteroatoms. The van der Waals surface area contributed by atoms with Gasteiger partial charge in [-0.15, -0.1) is 0 Å². The minimum absolute atomic E-state index is 0.0169. The predicted molar refractivity (Wildman–Crippen MR) is 393 cm³/mol. The van der Waals surface area contributed by atoms with Crippen LogP contribution < -0.4 is 26.2 Å². The van der Waals surface area contributed by atoms with Crippen molar-refractivity contribution in [2.45, 2.75) is 52.4 Å². The molecule has 0 amide bonds. The molecular formula is C87H66BN5. The first-order chi connectivity index (χ1) is 50.7. The molecule has 0 saturated carbocycles. The molecule has 0 radical (unpaired) electrons. The Morgan fingerprint density at radius 1 is 0.333 bits per heavy atom. The van der Waals surface area contributed by atoms with E-state index < -0.39 is 85.3 Å². The summed E-state index contributed by atoms with van der Waals surface area (Å²) in [5.41, 5.74) is 16.3. The zero-order valence-electron chi connectivity index (χ0n) is 65.0. The maximum atomic E-state index is 11.8. The van der Waals surface area contributed by atoms with Gasteiger partial charge in [-0.05, 0) is 174 Å². The summed E-state index contributed by atoms with van der Waals surface area (Å²) >= 11 is 0. The molecule has 0 unspecified atom stereocenters. The van der Waals surface area contributed by atoms with Crippen LogP contribution >= 0.6 is 0 Å². The zero-order chi connectivity index (χ0) is 74.2. The van der Waals surface area contributed by atoms with E-state index >= 15 is 0 Å². The lowest BCUT2D eigenvalue weighted by Gasteiger charge is -2.45. The minimum atomic E-state index is -0.726. The summed E-state index contributed by atoms with van der Waals surface area (Å²) in [6.45, 7) is 12.5. The van der Waals surface area contributed by atoms with Gasteiger partial charge in [0.2, 0.25) is 0 Å². The Balaban J connectivity index is 1.07. The largest absolute Gasteiger partial charge is 0.311 e. The number of aromatic nitrogens is 2. The molecule has 2 aromatic heterocycles. The average molecular weight is 1210 g/mol. The summed E-state index contributed by atoms with van der Waals surface area (Å²) in [7, 11) is 0. The number of rotatable bonds is 8. The fraction of sp³-hybridized carbons (Fsp3) is 0.0920. The van der Waals surface area contributed by atoms with Crippen LogP contribution in [-0.2, 0) is 10.8 Å². The molecule has 2 aliphatic heterocycles. The van der Waals surface area contributed by atoms with E-state index in [0.717, 1.165) is 82.9 Å². The maximum absolute atomic E-state index is 11.8. The Morgan fingerprint density at radius 2 is 0.796 bits per heavy atom. The van der Waals surface area contributed by atoms with Crippen LogP contribution in [0.15, 0.2) is 291 Å². The maximum Gasteiger partial charge on any atom is 0.252 e. The van der Waals surface area contributed by atoms with E-state index in [1.807, 2.05) is 109 Å². The van der Waals surface area contributed by atoms with E-state index in [2.05, 4.69) is 159 Å². The van der Waals surface area contributed by atoms with Gasteiger partial charge in [-0.25, -0.2) is 0 Å². The van der Waals surface area contributed by atoms with Gasteiger partial charge in [0, 0.05) is 61.4 Å². The lowest BCUT2D eigenvalue weighted by atomic mass is 9.33. The van der Waals surface area contributed by atoms with Crippen LogP contribution in [0.5, 0.6) is 0 Å². The van der Waals surface area contributed by atoms with Crippen LogP contribution in [0, 0.1) is 11.3 Å². The summed E-state index contributed by atoms with van der Waals surface area (Å²) in [5, 5.41) is 13.8. The highest BCUT2D eigenvalue weighted by Gasteiger charge is 2.45. The number of fused-ring (bicyclic) bond motifs is 10. The molecule has 0 bridgehead atoms. The first-order valence-corrected chi connectivity index (χ1v) is 31.3. The second kappa shape index (κ2) is 21.4. The number of nitrogens with zero attached hydrogens (tertiary/aromatic N) is 5. The summed E-state index contributed by atoms with van der Waals surface area (Å²) < 4.78 is 124. The van der Waals surface area contributed by atoms with Crippen molar-refractivity contribution in [1.82, 2.24) is 9.13 Å². The fourth-order valence-corrected chi connectivity index (χ4v) is 14.2. The fourth-order valence-electron chi connectivity index (χ4n) is 14.2. The van der Waals surface area contributed by atoms with Crippen LogP contribution in [0.1, 0.15) is 76.1 Å². The van der Waals surface area contributed by atoms with Gasteiger partial charge in [-0.3, -0.25) is 0 Å². The number of hydrogen-bond acceptors (Lipinski definition) is 3. The summed E-state index contributed by atoms with van der Waals surface area (Å²) in [4.78, 5) is 4.35. The van der Waals surface area contributed by atoms with Crippen molar-refractivity contribution < 1.29 is 17.8 Å². The second-order valence-corrected chi connectivity index (χ2v) is 26.3. The molecule has 17 rings (SSSR count). The lowest BCUT2D eigenvalue weighted by molar-refractivity contribution is 0.569. The number of para-hydroxylation sites is 4. The van der Waals surface area contributed by atoms with Crippen LogP contribution in [-0.4, -0.2) is 15.8 Å². The van der Waals surface area contributed by atoms with Gasteiger partial charge in [0.1, 0.15) is 6.07 Å². The summed E-state index contributed by atoms with van der Waals surface area (Å²) in [6, 6.07) is 67.9. The molecule has 0 N–H and O–H groups in total. The standard InChI is InChI=1S/C87H66BN5/c1-86(2,3)65-45-63(46-66(52-65)87(4,5)6)64-50-83-85-84(51-64)93(80-53-67(40-38-60(80)55-89)90-76-34-20-16-30-70(76)71-31-17-21-35-77(71)90)81-49-59(56-24-10-7-11-25-56)39-42-74(81)88(85)75-43-41-68(91-78-36-22-18-32-72(78)73-33-19-23-37-79(73)91)54-82(75)92(83)69-47-61(57-26-12-8-13-27-57)44-62(48-69)58-28-14-9-15-29-58/h7-54H,1-6H3/i7D,10D,11D,18D,19D,22D,23D,24D,25D,32D,33D,36D,37D. The van der Waals surface area contributed by atoms with E-state index in [1.54, 1.807) is 10.6 Å². The predicted octanol–water partition coefficient (Wildman–Crippen LogP) is 21.1. The first-order valence-electron chi connectivity index (χ1n) is 37.8. The van der Waals surface area contributed by atoms with Crippen molar-refractivity contribution in [3.8, 4) is 62.0 Å². The number of nitriles is 1. The van der Waals surface area contributed by atoms with Crippen molar-refractivity contribution in [1.29, 1.82) is 5.26 Å². The van der Waals surface area contributed by atoms with E-state index in [0.29, 0.717) is 56.4 Å². The molecule has 442 valence electrons. The molecule has 2 aliphatic rings. The van der Waals surface area contributed by atoms with E-state index in [-0.39, 0.29) is 38.2 Å². The van der Waals surface area contributed by atoms with Gasteiger partial charge in [-0.1, -0.05) is 241 Å². The Kier molecular flexibility index (Phi) is 9.96. The number of anilines is 6. The molecule has 0 spiro atoms. The molecule has 0 aliphatic carbocycles. The molecular weight excluding hydrogens is 1130 g/mol. The monoisotopic (exact) mass is 1200 g/mol. The SMILES string of the molecule is [2H]c1c([2H])c([2H])c(-c2ccc3c(c2)N(c2cc(-n4c5ccccc5c5ccccc54)ccc2C#N)c2cc(-c4cc(C(C)(C)C)cc(C(C)(C)C)c4)cc4c2B3c2ccc(-n3c5c([2H])c([2H])c([2H])c([2H])c5c5c([2H])c([2H])c([2H])c([2H])c53)cc2N4c2cc(-c3ccccc3)cc(-c3ccccc3)c2)c([2H])c1[2H]. The lowest BCUT2D eigenvalue weighted by Crippen LogP contribution is -2.61. The highest BCUT2D eigenvalue weighted by atomic mass is 15.2. The van der Waals surface area contributed by atoms with Crippen LogP contribution in [0.3, 0.4) is 0 Å². The Morgan fingerprint density at radius 3 is 1.38 bits per heavy atom. The molecule has 93 heavy (non-hydrogen) atoms. The van der Waals surface area contributed by atoms with Crippen molar-refractivity contribution in [3.63, 3.8) is 0 Å². The number of benzene rings is 13. The molecule has 0 atom stereocenters. The van der Waals surface area contributed by atoms with E-state index in [1.165, 1.54) is 0 Å². The molecule has 0 fully saturated rings. The normalized spacial score (nSPS) is 14.7. The Bertz CT molecular complexity index is 6140. The third-order valence-electron chi connectivity index (χ3n) is 18.7. The van der Waals surface area contributed by atoms with Gasteiger partial charge in [0.25, 0.3) is 6.71 Å². The minimum Gasteiger partial charge on any atom is -0.311 e. The highest BCUT2D eigenvalue weighted by molar-refractivity contribution is 7.00. The topological polar surface area (TPSA) is 40.1 Å². The van der Waals surface area contributed by atoms with Crippen molar-refractivity contribution in [2.75, 3.05) is 9.80 Å². The third kappa shape index (κ3) is 9.13. The molecule has 15 aromatic rings. The highest BCUT2D eigenvalue weighted by Crippen LogP contribution is 2.51. The van der Waals surface area contributed by atoms with Gasteiger partial charge < -0.3 is 18.9 Å². The van der Waals surface area contributed by atoms with E-state index in [9.17, 15) is 13.5 Å². The molecule has 0 saturated heterocycles. The van der Waals surface area contributed by atoms with Gasteiger partial charge in [0.15, 0.2) is 0 Å². The van der Waals surface area contributed by atoms with Crippen LogP contribution in [0.2, 0.25) is 0 Å². The number of hydrogen-bond donors (Lipinski definition) is 0. The van der Waals surface area contributed by atoms with Crippen LogP contribution in [0.25, 0.3) is 99.5 Å². The Labute approximate surface area is 562 Å². The average Bonchev–Trinajstić information content (AvgIpc) is 1.60. The van der Waals surface area contributed by atoms with Crippen molar-refractivity contribution in [3.05, 3.63) is 308 Å². The molecule has 13 aromatic carbocycles. The van der Waals surface area contributed by atoms with Gasteiger partial charge >= 0.3 is 0 Å². The second-order valence-electron chi connectivity index (χ2n) is 26.3. The summed E-state index contributed by atoms with van der Waals surface area (Å²) in [5.74, 6) is 0. The third-order valence-corrected chi connectivity index (χ3v) is 18.7. The van der Waals surface area contributed by atoms with Crippen molar-refractivity contribution in [2.24, 2.45) is 0 Å².